The Morgan fingerprint density at radius 3 is 2.26 bits per heavy atom. The number of nitrogens with zero attached hydrogens (tertiary/aromatic N) is 2. The molecule has 3 nitrogen and oxygen atoms in total. The zero-order valence-electron chi connectivity index (χ0n) is 14.2. The zero-order chi connectivity index (χ0) is 16.4. The van der Waals surface area contributed by atoms with Crippen LogP contribution in [0, 0.1) is 20.8 Å². The van der Waals surface area contributed by atoms with Gasteiger partial charge in [-0.05, 0) is 61.7 Å². The van der Waals surface area contributed by atoms with Crippen LogP contribution in [0.2, 0.25) is 0 Å². The molecule has 0 amide bonds. The molecule has 118 valence electrons. The van der Waals surface area contributed by atoms with Gasteiger partial charge in [-0.2, -0.15) is 0 Å². The molecule has 0 aliphatic heterocycles. The second-order valence-corrected chi connectivity index (χ2v) is 6.07. The number of imidazole rings is 1. The van der Waals surface area contributed by atoms with Crippen LogP contribution in [-0.4, -0.2) is 11.7 Å². The largest absolute Gasteiger partial charge is 0.497 e. The normalized spacial score (nSPS) is 10.8. The molecule has 0 saturated carbocycles. The lowest BCUT2D eigenvalue weighted by atomic mass is 10.00. The molecule has 0 aliphatic carbocycles. The van der Waals surface area contributed by atoms with Crippen LogP contribution in [0.5, 0.6) is 5.75 Å². The van der Waals surface area contributed by atoms with Crippen LogP contribution < -0.4 is 9.30 Å². The van der Waals surface area contributed by atoms with Crippen molar-refractivity contribution < 1.29 is 9.30 Å². The third kappa shape index (κ3) is 3.29. The standard InChI is InChI=1S/C20H23N2O/c1-15-11-16(2)20(17(3)12-15)13-21-9-10-22(14-21)18-5-7-19(23-4)8-6-18/h5-12,14H,13H2,1-4H3/q+1. The van der Waals surface area contributed by atoms with E-state index in [2.05, 4.69) is 72.9 Å². The summed E-state index contributed by atoms with van der Waals surface area (Å²) in [6.07, 6.45) is 6.32. The average Bonchev–Trinajstić information content (AvgIpc) is 2.99. The number of hydrogen-bond donors (Lipinski definition) is 0. The minimum Gasteiger partial charge on any atom is -0.497 e. The van der Waals surface area contributed by atoms with E-state index in [1.54, 1.807) is 7.11 Å². The summed E-state index contributed by atoms with van der Waals surface area (Å²) >= 11 is 0. The van der Waals surface area contributed by atoms with Gasteiger partial charge in [-0.1, -0.05) is 17.7 Å². The molecule has 3 heteroatoms. The number of hydrogen-bond acceptors (Lipinski definition) is 1. The quantitative estimate of drug-likeness (QED) is 0.671. The molecule has 2 aromatic carbocycles. The van der Waals surface area contributed by atoms with Gasteiger partial charge in [0, 0.05) is 0 Å². The van der Waals surface area contributed by atoms with Gasteiger partial charge in [-0.3, -0.25) is 0 Å². The second-order valence-electron chi connectivity index (χ2n) is 6.07. The van der Waals surface area contributed by atoms with E-state index < -0.39 is 0 Å². The first kappa shape index (κ1) is 15.3. The van der Waals surface area contributed by atoms with Crippen molar-refractivity contribution in [2.24, 2.45) is 0 Å². The molecule has 0 saturated heterocycles. The maximum absolute atomic E-state index is 5.21. The van der Waals surface area contributed by atoms with Gasteiger partial charge < -0.3 is 4.74 Å². The lowest BCUT2D eigenvalue weighted by Gasteiger charge is -2.09. The van der Waals surface area contributed by atoms with Gasteiger partial charge in [0.2, 0.25) is 6.33 Å². The van der Waals surface area contributed by atoms with Crippen LogP contribution in [0.3, 0.4) is 0 Å². The summed E-state index contributed by atoms with van der Waals surface area (Å²) in [5, 5.41) is 0. The molecular formula is C20H23N2O+. The molecule has 0 radical (unpaired) electrons. The lowest BCUT2D eigenvalue weighted by molar-refractivity contribution is -0.687. The van der Waals surface area contributed by atoms with E-state index in [1.807, 2.05) is 12.1 Å². The fourth-order valence-electron chi connectivity index (χ4n) is 3.04. The Labute approximate surface area is 137 Å². The van der Waals surface area contributed by atoms with Crippen molar-refractivity contribution in [3.63, 3.8) is 0 Å². The molecular weight excluding hydrogens is 284 g/mol. The van der Waals surface area contributed by atoms with E-state index in [0.717, 1.165) is 18.0 Å². The average molecular weight is 307 g/mol. The van der Waals surface area contributed by atoms with Gasteiger partial charge in [0.15, 0.2) is 0 Å². The van der Waals surface area contributed by atoms with Gasteiger partial charge in [0.1, 0.15) is 30.4 Å². The van der Waals surface area contributed by atoms with Crippen LogP contribution in [0.1, 0.15) is 22.3 Å². The number of aryl methyl sites for hydroxylation is 3. The Morgan fingerprint density at radius 1 is 1.00 bits per heavy atom. The molecule has 0 aliphatic rings. The van der Waals surface area contributed by atoms with Crippen LogP contribution >= 0.6 is 0 Å². The molecule has 0 spiro atoms. The maximum atomic E-state index is 5.21. The van der Waals surface area contributed by atoms with Crippen molar-refractivity contribution in [1.82, 2.24) is 4.57 Å². The molecule has 0 unspecified atom stereocenters. The Kier molecular flexibility index (Phi) is 4.20. The summed E-state index contributed by atoms with van der Waals surface area (Å²) in [6, 6.07) is 12.6. The molecule has 3 aromatic rings. The smallest absolute Gasteiger partial charge is 0.249 e. The first-order valence-corrected chi connectivity index (χ1v) is 7.85. The SMILES string of the molecule is COc1ccc(-n2cc[n+](Cc3c(C)cc(C)cc3C)c2)cc1. The van der Waals surface area contributed by atoms with E-state index in [9.17, 15) is 0 Å². The summed E-state index contributed by atoms with van der Waals surface area (Å²) in [6.45, 7) is 7.42. The Hall–Kier alpha value is -2.55. The van der Waals surface area contributed by atoms with Gasteiger partial charge in [0.05, 0.1) is 7.11 Å². The van der Waals surface area contributed by atoms with E-state index >= 15 is 0 Å². The fraction of sp³-hybridized carbons (Fsp3) is 0.250. The zero-order valence-corrected chi connectivity index (χ0v) is 14.2. The summed E-state index contributed by atoms with van der Waals surface area (Å²) in [5.41, 5.74) is 6.55. The minimum absolute atomic E-state index is 0.875. The van der Waals surface area contributed by atoms with E-state index in [0.29, 0.717) is 0 Å². The summed E-state index contributed by atoms with van der Waals surface area (Å²) in [7, 11) is 1.69. The van der Waals surface area contributed by atoms with Gasteiger partial charge in [-0.25, -0.2) is 9.13 Å². The van der Waals surface area contributed by atoms with E-state index in [1.165, 1.54) is 22.3 Å². The maximum Gasteiger partial charge on any atom is 0.249 e. The summed E-state index contributed by atoms with van der Waals surface area (Å²) in [5.74, 6) is 0.875. The summed E-state index contributed by atoms with van der Waals surface area (Å²) in [4.78, 5) is 0. The highest BCUT2D eigenvalue weighted by atomic mass is 16.5. The first-order valence-electron chi connectivity index (χ1n) is 7.85. The Bertz CT molecular complexity index is 793. The van der Waals surface area contributed by atoms with Crippen LogP contribution in [0.15, 0.2) is 55.1 Å². The van der Waals surface area contributed by atoms with Gasteiger partial charge in [-0.15, -0.1) is 0 Å². The number of benzene rings is 2. The van der Waals surface area contributed by atoms with Gasteiger partial charge in [0.25, 0.3) is 0 Å². The molecule has 23 heavy (non-hydrogen) atoms. The number of methoxy groups -OCH3 is 1. The molecule has 0 bridgehead atoms. The predicted octanol–water partition coefficient (Wildman–Crippen LogP) is 3.75. The highest BCUT2D eigenvalue weighted by molar-refractivity contribution is 5.38. The molecule has 1 heterocycles. The number of ether oxygens (including phenoxy) is 1. The van der Waals surface area contributed by atoms with Gasteiger partial charge >= 0.3 is 0 Å². The van der Waals surface area contributed by atoms with Crippen molar-refractivity contribution in [3.8, 4) is 11.4 Å². The van der Waals surface area contributed by atoms with Crippen LogP contribution in [0.25, 0.3) is 5.69 Å². The van der Waals surface area contributed by atoms with E-state index in [4.69, 9.17) is 4.74 Å². The summed E-state index contributed by atoms with van der Waals surface area (Å²) < 4.78 is 9.55. The van der Waals surface area contributed by atoms with Crippen molar-refractivity contribution in [3.05, 3.63) is 77.4 Å². The highest BCUT2D eigenvalue weighted by Crippen LogP contribution is 2.17. The molecule has 1 aromatic heterocycles. The lowest BCUT2D eigenvalue weighted by Crippen LogP contribution is -2.32. The number of rotatable bonds is 4. The Balaban J connectivity index is 1.85. The third-order valence-electron chi connectivity index (χ3n) is 4.24. The predicted molar refractivity (Wildman–Crippen MR) is 92.3 cm³/mol. The minimum atomic E-state index is 0.875. The van der Waals surface area contributed by atoms with Crippen LogP contribution in [-0.2, 0) is 6.54 Å². The van der Waals surface area contributed by atoms with Crippen LogP contribution in [0.4, 0.5) is 0 Å². The second kappa shape index (κ2) is 6.29. The molecule has 0 N–H and O–H groups in total. The van der Waals surface area contributed by atoms with E-state index in [-0.39, 0.29) is 0 Å². The fourth-order valence-corrected chi connectivity index (χ4v) is 3.04. The molecule has 3 rings (SSSR count). The molecule has 0 fully saturated rings. The highest BCUT2D eigenvalue weighted by Gasteiger charge is 2.11. The monoisotopic (exact) mass is 307 g/mol. The van der Waals surface area contributed by atoms with Crippen molar-refractivity contribution in [2.45, 2.75) is 27.3 Å². The Morgan fingerprint density at radius 2 is 1.65 bits per heavy atom. The topological polar surface area (TPSA) is 18.0 Å². The van der Waals surface area contributed by atoms with Crippen molar-refractivity contribution in [1.29, 1.82) is 0 Å². The third-order valence-corrected chi connectivity index (χ3v) is 4.24. The molecule has 0 atom stereocenters. The first-order chi connectivity index (χ1) is 11.1. The van der Waals surface area contributed by atoms with Crippen molar-refractivity contribution in [2.75, 3.05) is 7.11 Å². The number of aromatic nitrogens is 2. The van der Waals surface area contributed by atoms with Crippen molar-refractivity contribution >= 4 is 0 Å².